The fraction of sp³-hybridized carbons (Fsp3) is 0.529. The Bertz CT molecular complexity index is 585. The maximum atomic E-state index is 12.3. The van der Waals surface area contributed by atoms with Crippen LogP contribution in [0.4, 0.5) is 10.5 Å². The fourth-order valence-corrected chi connectivity index (χ4v) is 3.88. The molecule has 24 heavy (non-hydrogen) atoms. The molecule has 0 saturated carbocycles. The predicted octanol–water partition coefficient (Wildman–Crippen LogP) is 1.90. The second kappa shape index (κ2) is 7.79. The highest BCUT2D eigenvalue weighted by molar-refractivity contribution is 8.13. The molecule has 2 heterocycles. The molecule has 0 bridgehead atoms. The Labute approximate surface area is 146 Å². The number of ether oxygens (including phenoxy) is 1. The van der Waals surface area contributed by atoms with E-state index in [9.17, 15) is 9.59 Å². The Hall–Kier alpha value is -1.89. The average molecular weight is 349 g/mol. The van der Waals surface area contributed by atoms with E-state index in [1.807, 2.05) is 29.2 Å². The number of amides is 2. The van der Waals surface area contributed by atoms with Gasteiger partial charge in [0.25, 0.3) is 5.24 Å². The SMILES string of the molecule is COc1ccc(N2CCN(C(=O)CCN3CCSC3=O)CC2)cc1. The lowest BCUT2D eigenvalue weighted by Crippen LogP contribution is -2.49. The summed E-state index contributed by atoms with van der Waals surface area (Å²) in [6.07, 6.45) is 0.425. The van der Waals surface area contributed by atoms with Gasteiger partial charge in [0.05, 0.1) is 7.11 Å². The predicted molar refractivity (Wildman–Crippen MR) is 95.8 cm³/mol. The van der Waals surface area contributed by atoms with E-state index in [4.69, 9.17) is 4.74 Å². The molecule has 2 fully saturated rings. The van der Waals surface area contributed by atoms with Crippen molar-refractivity contribution >= 4 is 28.6 Å². The minimum atomic E-state index is 0.104. The molecule has 2 amide bonds. The van der Waals surface area contributed by atoms with E-state index in [1.165, 1.54) is 11.8 Å². The van der Waals surface area contributed by atoms with Gasteiger partial charge in [0.2, 0.25) is 5.91 Å². The van der Waals surface area contributed by atoms with E-state index in [0.29, 0.717) is 13.0 Å². The summed E-state index contributed by atoms with van der Waals surface area (Å²) in [5.41, 5.74) is 1.16. The topological polar surface area (TPSA) is 53.1 Å². The van der Waals surface area contributed by atoms with Crippen molar-refractivity contribution < 1.29 is 14.3 Å². The summed E-state index contributed by atoms with van der Waals surface area (Å²) < 4.78 is 5.18. The number of nitrogens with zero attached hydrogens (tertiary/aromatic N) is 3. The zero-order valence-electron chi connectivity index (χ0n) is 13.9. The smallest absolute Gasteiger partial charge is 0.281 e. The number of piperazine rings is 1. The van der Waals surface area contributed by atoms with E-state index in [-0.39, 0.29) is 11.1 Å². The molecule has 2 saturated heterocycles. The van der Waals surface area contributed by atoms with Gasteiger partial charge >= 0.3 is 0 Å². The third-order valence-electron chi connectivity index (χ3n) is 4.51. The van der Waals surface area contributed by atoms with Crippen LogP contribution in [0.2, 0.25) is 0 Å². The van der Waals surface area contributed by atoms with Crippen molar-refractivity contribution in [2.45, 2.75) is 6.42 Å². The third kappa shape index (κ3) is 3.95. The van der Waals surface area contributed by atoms with Gasteiger partial charge in [0, 0.05) is 57.1 Å². The van der Waals surface area contributed by atoms with Crippen LogP contribution in [-0.4, -0.2) is 73.1 Å². The maximum absolute atomic E-state index is 12.3. The zero-order chi connectivity index (χ0) is 16.9. The molecule has 0 spiro atoms. The summed E-state index contributed by atoms with van der Waals surface area (Å²) in [7, 11) is 1.66. The summed E-state index contributed by atoms with van der Waals surface area (Å²) in [4.78, 5) is 29.9. The second-order valence-corrected chi connectivity index (χ2v) is 6.96. The van der Waals surface area contributed by atoms with Gasteiger partial charge in [-0.2, -0.15) is 0 Å². The number of benzene rings is 1. The molecule has 0 aliphatic carbocycles. The highest BCUT2D eigenvalue weighted by atomic mass is 32.2. The molecular formula is C17H23N3O3S. The first-order valence-corrected chi connectivity index (χ1v) is 9.24. The van der Waals surface area contributed by atoms with Crippen LogP contribution >= 0.6 is 11.8 Å². The quantitative estimate of drug-likeness (QED) is 0.813. The number of hydrogen-bond acceptors (Lipinski definition) is 5. The van der Waals surface area contributed by atoms with Crippen molar-refractivity contribution in [2.75, 3.05) is 57.0 Å². The Morgan fingerprint density at radius 1 is 1.12 bits per heavy atom. The molecule has 2 aliphatic rings. The maximum Gasteiger partial charge on any atom is 0.281 e. The lowest BCUT2D eigenvalue weighted by Gasteiger charge is -2.36. The molecule has 2 aliphatic heterocycles. The van der Waals surface area contributed by atoms with E-state index in [2.05, 4.69) is 4.90 Å². The van der Waals surface area contributed by atoms with Gasteiger partial charge in [-0.1, -0.05) is 11.8 Å². The van der Waals surface area contributed by atoms with Crippen LogP contribution in [0.15, 0.2) is 24.3 Å². The van der Waals surface area contributed by atoms with E-state index >= 15 is 0 Å². The summed E-state index contributed by atoms with van der Waals surface area (Å²) in [6, 6.07) is 8.01. The van der Waals surface area contributed by atoms with Gasteiger partial charge in [-0.05, 0) is 24.3 Å². The van der Waals surface area contributed by atoms with E-state index in [1.54, 1.807) is 12.0 Å². The lowest BCUT2D eigenvalue weighted by atomic mass is 10.2. The first kappa shape index (κ1) is 17.0. The van der Waals surface area contributed by atoms with Gasteiger partial charge in [0.15, 0.2) is 0 Å². The number of carbonyl (C=O) groups excluding carboxylic acids is 2. The summed E-state index contributed by atoms with van der Waals surface area (Å²) in [5.74, 6) is 1.84. The molecule has 0 unspecified atom stereocenters. The normalized spacial score (nSPS) is 18.2. The molecule has 7 heteroatoms. The minimum Gasteiger partial charge on any atom is -0.497 e. The zero-order valence-corrected chi connectivity index (χ0v) is 14.8. The van der Waals surface area contributed by atoms with Crippen LogP contribution in [0.5, 0.6) is 5.75 Å². The van der Waals surface area contributed by atoms with Gasteiger partial charge in [-0.15, -0.1) is 0 Å². The molecule has 6 nitrogen and oxygen atoms in total. The Kier molecular flexibility index (Phi) is 5.50. The molecule has 0 atom stereocenters. The van der Waals surface area contributed by atoms with Crippen LogP contribution in [0.1, 0.15) is 6.42 Å². The molecule has 1 aromatic rings. The molecule has 0 radical (unpaired) electrons. The van der Waals surface area contributed by atoms with Gasteiger partial charge in [-0.25, -0.2) is 0 Å². The van der Waals surface area contributed by atoms with Gasteiger partial charge in [-0.3, -0.25) is 9.59 Å². The largest absolute Gasteiger partial charge is 0.497 e. The van der Waals surface area contributed by atoms with Crippen LogP contribution in [-0.2, 0) is 4.79 Å². The lowest BCUT2D eigenvalue weighted by molar-refractivity contribution is -0.131. The summed E-state index contributed by atoms with van der Waals surface area (Å²) in [5, 5.41) is 0.104. The molecule has 3 rings (SSSR count). The van der Waals surface area contributed by atoms with Crippen molar-refractivity contribution in [1.29, 1.82) is 0 Å². The van der Waals surface area contributed by atoms with Crippen molar-refractivity contribution in [2.24, 2.45) is 0 Å². The van der Waals surface area contributed by atoms with Crippen molar-refractivity contribution in [1.82, 2.24) is 9.80 Å². The number of rotatable bonds is 5. The Morgan fingerprint density at radius 3 is 2.42 bits per heavy atom. The van der Waals surface area contributed by atoms with E-state index < -0.39 is 0 Å². The number of thioether (sulfide) groups is 1. The Morgan fingerprint density at radius 2 is 1.83 bits per heavy atom. The molecule has 0 N–H and O–H groups in total. The fourth-order valence-electron chi connectivity index (χ4n) is 3.02. The van der Waals surface area contributed by atoms with Crippen molar-refractivity contribution in [3.8, 4) is 5.75 Å². The summed E-state index contributed by atoms with van der Waals surface area (Å²) in [6.45, 7) is 4.43. The van der Waals surface area contributed by atoms with E-state index in [0.717, 1.165) is 49.9 Å². The molecule has 130 valence electrons. The second-order valence-electron chi connectivity index (χ2n) is 5.92. The molecular weight excluding hydrogens is 326 g/mol. The first-order valence-electron chi connectivity index (χ1n) is 8.26. The molecule has 1 aromatic carbocycles. The number of methoxy groups -OCH3 is 1. The third-order valence-corrected chi connectivity index (χ3v) is 5.40. The highest BCUT2D eigenvalue weighted by Crippen LogP contribution is 2.21. The highest BCUT2D eigenvalue weighted by Gasteiger charge is 2.24. The number of hydrogen-bond donors (Lipinski definition) is 0. The monoisotopic (exact) mass is 349 g/mol. The minimum absolute atomic E-state index is 0.104. The van der Waals surface area contributed by atoms with Crippen LogP contribution in [0.25, 0.3) is 0 Å². The first-order chi connectivity index (χ1) is 11.7. The standard InChI is InChI=1S/C17H23N3O3S/c1-23-15-4-2-14(3-5-15)18-8-10-19(11-9-18)16(21)6-7-20-12-13-24-17(20)22/h2-5H,6-13H2,1H3. The number of anilines is 1. The van der Waals surface area contributed by atoms with Gasteiger partial charge in [0.1, 0.15) is 5.75 Å². The van der Waals surface area contributed by atoms with Gasteiger partial charge < -0.3 is 19.4 Å². The molecule has 0 aromatic heterocycles. The van der Waals surface area contributed by atoms with Crippen LogP contribution < -0.4 is 9.64 Å². The number of carbonyl (C=O) groups is 2. The van der Waals surface area contributed by atoms with Crippen molar-refractivity contribution in [3.05, 3.63) is 24.3 Å². The Balaban J connectivity index is 1.45. The van der Waals surface area contributed by atoms with Crippen molar-refractivity contribution in [3.63, 3.8) is 0 Å². The summed E-state index contributed by atoms with van der Waals surface area (Å²) >= 11 is 1.34. The van der Waals surface area contributed by atoms with Crippen LogP contribution in [0.3, 0.4) is 0 Å². The average Bonchev–Trinajstić information content (AvgIpc) is 3.05. The van der Waals surface area contributed by atoms with Crippen LogP contribution in [0, 0.1) is 0 Å².